The van der Waals surface area contributed by atoms with Gasteiger partial charge in [0.05, 0.1) is 23.9 Å². The number of esters is 1. The number of aliphatic hydroxyl groups is 1. The first kappa shape index (κ1) is 13.3. The second kappa shape index (κ2) is 5.04. The average molecular weight is 283 g/mol. The van der Waals surface area contributed by atoms with E-state index in [1.807, 2.05) is 13.0 Å². The molecular formula is C15H13N3O3. The maximum absolute atomic E-state index is 12.1. The normalized spacial score (nSPS) is 17.0. The number of hydrogen-bond acceptors (Lipinski definition) is 5. The number of nitrogens with zero attached hydrogens (tertiary/aromatic N) is 3. The Balaban J connectivity index is 2.06. The summed E-state index contributed by atoms with van der Waals surface area (Å²) in [7, 11) is 0. The Morgan fingerprint density at radius 1 is 1.57 bits per heavy atom. The molecule has 2 aromatic rings. The van der Waals surface area contributed by atoms with Gasteiger partial charge in [0.1, 0.15) is 12.4 Å². The summed E-state index contributed by atoms with van der Waals surface area (Å²) in [5, 5.41) is 18.1. The van der Waals surface area contributed by atoms with Crippen LogP contribution in [0.25, 0.3) is 5.69 Å². The van der Waals surface area contributed by atoms with Crippen LogP contribution in [-0.4, -0.2) is 33.3 Å². The number of cyclic esters (lactones) is 1. The Hall–Kier alpha value is -2.65. The second-order valence-corrected chi connectivity index (χ2v) is 4.93. The third-order valence-electron chi connectivity index (χ3n) is 3.54. The third kappa shape index (κ3) is 2.18. The molecule has 0 bridgehead atoms. The summed E-state index contributed by atoms with van der Waals surface area (Å²) in [6.07, 6.45) is 1.43. The SMILES string of the molecule is Cc1cc(-n2cnc3c2C(=O)OC(CO)C3)ccc1C#N. The summed E-state index contributed by atoms with van der Waals surface area (Å²) in [5.74, 6) is -0.491. The van der Waals surface area contributed by atoms with Crippen LogP contribution in [0.4, 0.5) is 0 Å². The number of carbonyl (C=O) groups excluding carboxylic acids is 1. The number of fused-ring (bicyclic) bond motifs is 1. The van der Waals surface area contributed by atoms with Crippen molar-refractivity contribution >= 4 is 5.97 Å². The van der Waals surface area contributed by atoms with Crippen molar-refractivity contribution in [3.63, 3.8) is 0 Å². The number of benzene rings is 1. The van der Waals surface area contributed by atoms with Gasteiger partial charge in [-0.2, -0.15) is 5.26 Å². The fourth-order valence-corrected chi connectivity index (χ4v) is 2.44. The lowest BCUT2D eigenvalue weighted by atomic mass is 10.1. The van der Waals surface area contributed by atoms with Crippen LogP contribution in [0.1, 0.15) is 27.3 Å². The highest BCUT2D eigenvalue weighted by Gasteiger charge is 2.30. The van der Waals surface area contributed by atoms with E-state index in [-0.39, 0.29) is 6.61 Å². The molecule has 1 unspecified atom stereocenters. The van der Waals surface area contributed by atoms with Gasteiger partial charge in [-0.25, -0.2) is 9.78 Å². The second-order valence-electron chi connectivity index (χ2n) is 4.93. The van der Waals surface area contributed by atoms with Crippen LogP contribution in [0, 0.1) is 18.3 Å². The van der Waals surface area contributed by atoms with E-state index in [0.29, 0.717) is 23.4 Å². The molecule has 0 radical (unpaired) electrons. The van der Waals surface area contributed by atoms with E-state index >= 15 is 0 Å². The predicted octanol–water partition coefficient (Wildman–Crippen LogP) is 1.13. The number of hydrogen-bond donors (Lipinski definition) is 1. The van der Waals surface area contributed by atoms with Gasteiger partial charge in [-0.05, 0) is 30.7 Å². The van der Waals surface area contributed by atoms with E-state index < -0.39 is 12.1 Å². The fourth-order valence-electron chi connectivity index (χ4n) is 2.44. The molecular weight excluding hydrogens is 270 g/mol. The van der Waals surface area contributed by atoms with Gasteiger partial charge in [0.15, 0.2) is 5.69 Å². The van der Waals surface area contributed by atoms with Gasteiger partial charge in [0, 0.05) is 12.1 Å². The van der Waals surface area contributed by atoms with Crippen molar-refractivity contribution in [3.05, 3.63) is 47.0 Å². The van der Waals surface area contributed by atoms with Gasteiger partial charge in [-0.15, -0.1) is 0 Å². The van der Waals surface area contributed by atoms with Gasteiger partial charge in [-0.3, -0.25) is 4.57 Å². The van der Waals surface area contributed by atoms with Gasteiger partial charge in [-0.1, -0.05) is 0 Å². The maximum atomic E-state index is 12.1. The molecule has 2 heterocycles. The van der Waals surface area contributed by atoms with Crippen LogP contribution < -0.4 is 0 Å². The predicted molar refractivity (Wildman–Crippen MR) is 73.0 cm³/mol. The molecule has 0 saturated carbocycles. The molecule has 6 heteroatoms. The van der Waals surface area contributed by atoms with Gasteiger partial charge in [0.2, 0.25) is 0 Å². The van der Waals surface area contributed by atoms with E-state index in [4.69, 9.17) is 15.1 Å². The first-order valence-electron chi connectivity index (χ1n) is 6.53. The molecule has 0 saturated heterocycles. The number of imidazole rings is 1. The Morgan fingerprint density at radius 2 is 2.38 bits per heavy atom. The highest BCUT2D eigenvalue weighted by Crippen LogP contribution is 2.23. The minimum atomic E-state index is -0.531. The third-order valence-corrected chi connectivity index (χ3v) is 3.54. The number of nitriles is 1. The molecule has 6 nitrogen and oxygen atoms in total. The van der Waals surface area contributed by atoms with Crippen LogP contribution >= 0.6 is 0 Å². The monoisotopic (exact) mass is 283 g/mol. The molecule has 106 valence electrons. The van der Waals surface area contributed by atoms with E-state index in [9.17, 15) is 4.79 Å². The number of aryl methyl sites for hydroxylation is 1. The zero-order valence-electron chi connectivity index (χ0n) is 11.4. The minimum absolute atomic E-state index is 0.214. The highest BCUT2D eigenvalue weighted by molar-refractivity contribution is 5.90. The minimum Gasteiger partial charge on any atom is -0.455 e. The Morgan fingerprint density at radius 3 is 3.05 bits per heavy atom. The number of aliphatic hydroxyl groups excluding tert-OH is 1. The van der Waals surface area contributed by atoms with Crippen LogP contribution in [0.2, 0.25) is 0 Å². The van der Waals surface area contributed by atoms with Crippen molar-refractivity contribution in [3.8, 4) is 11.8 Å². The van der Waals surface area contributed by atoms with Crippen LogP contribution in [0.15, 0.2) is 24.5 Å². The largest absolute Gasteiger partial charge is 0.455 e. The number of aromatic nitrogens is 2. The number of rotatable bonds is 2. The van der Waals surface area contributed by atoms with E-state index in [2.05, 4.69) is 11.1 Å². The van der Waals surface area contributed by atoms with Gasteiger partial charge >= 0.3 is 5.97 Å². The van der Waals surface area contributed by atoms with Crippen molar-refractivity contribution in [2.24, 2.45) is 0 Å². The molecule has 3 rings (SSSR count). The Bertz CT molecular complexity index is 758. The quantitative estimate of drug-likeness (QED) is 0.834. The molecule has 1 N–H and O–H groups in total. The fraction of sp³-hybridized carbons (Fsp3) is 0.267. The van der Waals surface area contributed by atoms with E-state index in [1.54, 1.807) is 23.0 Å². The summed E-state index contributed by atoms with van der Waals surface area (Å²) in [4.78, 5) is 16.3. The van der Waals surface area contributed by atoms with Crippen molar-refractivity contribution in [1.82, 2.24) is 9.55 Å². The maximum Gasteiger partial charge on any atom is 0.357 e. The zero-order valence-corrected chi connectivity index (χ0v) is 11.4. The molecule has 1 aromatic heterocycles. The van der Waals surface area contributed by atoms with Crippen molar-refractivity contribution in [1.29, 1.82) is 5.26 Å². The van der Waals surface area contributed by atoms with Crippen molar-refractivity contribution in [2.45, 2.75) is 19.4 Å². The van der Waals surface area contributed by atoms with E-state index in [0.717, 1.165) is 11.3 Å². The van der Waals surface area contributed by atoms with Crippen molar-refractivity contribution in [2.75, 3.05) is 6.61 Å². The first-order chi connectivity index (χ1) is 10.1. The summed E-state index contributed by atoms with van der Waals surface area (Å²) in [6.45, 7) is 1.62. The van der Waals surface area contributed by atoms with Crippen LogP contribution in [-0.2, 0) is 11.2 Å². The topological polar surface area (TPSA) is 88.1 Å². The van der Waals surface area contributed by atoms with Gasteiger partial charge in [0.25, 0.3) is 0 Å². The van der Waals surface area contributed by atoms with Crippen LogP contribution in [0.3, 0.4) is 0 Å². The summed E-state index contributed by atoms with van der Waals surface area (Å²) in [5.41, 5.74) is 3.17. The van der Waals surface area contributed by atoms with Gasteiger partial charge < -0.3 is 9.84 Å². The molecule has 0 fully saturated rings. The smallest absolute Gasteiger partial charge is 0.357 e. The lowest BCUT2D eigenvalue weighted by molar-refractivity contribution is 0.00805. The highest BCUT2D eigenvalue weighted by atomic mass is 16.6. The molecule has 1 atom stereocenters. The first-order valence-corrected chi connectivity index (χ1v) is 6.53. The summed E-state index contributed by atoms with van der Waals surface area (Å²) < 4.78 is 6.81. The Labute approximate surface area is 121 Å². The average Bonchev–Trinajstić information content (AvgIpc) is 2.91. The number of carbonyl (C=O) groups is 1. The lowest BCUT2D eigenvalue weighted by Crippen LogP contribution is -2.31. The molecule has 1 aromatic carbocycles. The lowest BCUT2D eigenvalue weighted by Gasteiger charge is -2.21. The van der Waals surface area contributed by atoms with Crippen molar-refractivity contribution < 1.29 is 14.6 Å². The van der Waals surface area contributed by atoms with E-state index in [1.165, 1.54) is 0 Å². The number of ether oxygens (including phenoxy) is 1. The zero-order chi connectivity index (χ0) is 15.0. The molecule has 0 amide bonds. The molecule has 1 aliphatic heterocycles. The van der Waals surface area contributed by atoms with Crippen LogP contribution in [0.5, 0.6) is 0 Å². The summed E-state index contributed by atoms with van der Waals surface area (Å²) in [6, 6.07) is 7.41. The molecule has 21 heavy (non-hydrogen) atoms. The molecule has 1 aliphatic rings. The Kier molecular flexibility index (Phi) is 3.20. The molecule has 0 spiro atoms. The molecule has 0 aliphatic carbocycles. The summed E-state index contributed by atoms with van der Waals surface area (Å²) >= 11 is 0. The standard InChI is InChI=1S/C15H13N3O3/c1-9-4-11(3-2-10(9)6-16)18-8-17-13-5-12(7-19)21-15(20)14(13)18/h2-4,8,12,19H,5,7H2,1H3.